The molecule has 6 nitrogen and oxygen atoms in total. The number of nitrogens with two attached hydrogens (primary N) is 1. The van der Waals surface area contributed by atoms with Crippen molar-refractivity contribution in [1.82, 2.24) is 23.9 Å². The van der Waals surface area contributed by atoms with Gasteiger partial charge in [0.05, 0.1) is 22.9 Å². The molecule has 3 heterocycles. The molecular formula is C23H22N6. The van der Waals surface area contributed by atoms with Crippen molar-refractivity contribution in [3.63, 3.8) is 0 Å². The average molecular weight is 382 g/mol. The summed E-state index contributed by atoms with van der Waals surface area (Å²) in [6.45, 7) is 4.24. The molecule has 5 aromatic rings. The number of rotatable bonds is 4. The largest absolute Gasteiger partial charge is 0.399 e. The van der Waals surface area contributed by atoms with E-state index in [0.29, 0.717) is 11.7 Å². The molecule has 0 unspecified atom stereocenters. The topological polar surface area (TPSA) is 66.6 Å². The Balaban J connectivity index is 1.57. The van der Waals surface area contributed by atoms with Crippen LogP contribution in [-0.2, 0) is 0 Å². The molecule has 29 heavy (non-hydrogen) atoms. The van der Waals surface area contributed by atoms with Gasteiger partial charge in [-0.25, -0.2) is 4.98 Å². The van der Waals surface area contributed by atoms with E-state index in [0.717, 1.165) is 33.5 Å². The number of imidazole rings is 1. The SMILES string of the molecule is CC(C)n1cc(-c2ccc3c(c2)ncn3-c2cc(N)cc(-n3cccc3)c2)cn1. The first kappa shape index (κ1) is 17.3. The summed E-state index contributed by atoms with van der Waals surface area (Å²) in [4.78, 5) is 4.63. The second-order valence-electron chi connectivity index (χ2n) is 7.49. The maximum Gasteiger partial charge on any atom is 0.100 e. The molecule has 0 aliphatic carbocycles. The van der Waals surface area contributed by atoms with Crippen molar-refractivity contribution >= 4 is 16.7 Å². The Hall–Kier alpha value is -3.80. The van der Waals surface area contributed by atoms with Gasteiger partial charge in [-0.05, 0) is 61.9 Å². The van der Waals surface area contributed by atoms with Crippen molar-refractivity contribution in [3.05, 3.63) is 79.6 Å². The molecule has 0 fully saturated rings. The third kappa shape index (κ3) is 3.08. The molecule has 0 bridgehead atoms. The quantitative estimate of drug-likeness (QED) is 0.452. The molecule has 3 aromatic heterocycles. The number of nitrogen functional groups attached to an aromatic ring is 1. The number of benzene rings is 2. The van der Waals surface area contributed by atoms with Crippen LogP contribution >= 0.6 is 0 Å². The number of nitrogens with zero attached hydrogens (tertiary/aromatic N) is 5. The van der Waals surface area contributed by atoms with Crippen molar-refractivity contribution in [3.8, 4) is 22.5 Å². The standard InChI is InChI=1S/C23H22N6/c1-16(2)29-14-18(13-26-29)17-5-6-23-22(9-17)25-15-28(23)21-11-19(24)10-20(12-21)27-7-3-4-8-27/h3-16H,24H2,1-2H3. The molecule has 144 valence electrons. The number of anilines is 1. The van der Waals surface area contributed by atoms with Crippen LogP contribution in [0.4, 0.5) is 5.69 Å². The van der Waals surface area contributed by atoms with E-state index < -0.39 is 0 Å². The molecule has 0 atom stereocenters. The van der Waals surface area contributed by atoms with Gasteiger partial charge in [0.25, 0.3) is 0 Å². The fourth-order valence-electron chi connectivity index (χ4n) is 3.58. The molecule has 0 aliphatic rings. The fraction of sp³-hybridized carbons (Fsp3) is 0.130. The van der Waals surface area contributed by atoms with Gasteiger partial charge in [0.1, 0.15) is 6.33 Å². The lowest BCUT2D eigenvalue weighted by Crippen LogP contribution is -1.99. The highest BCUT2D eigenvalue weighted by Crippen LogP contribution is 2.27. The van der Waals surface area contributed by atoms with Crippen molar-refractivity contribution in [1.29, 1.82) is 0 Å². The zero-order chi connectivity index (χ0) is 20.0. The molecule has 2 aromatic carbocycles. The van der Waals surface area contributed by atoms with Gasteiger partial charge in [0.2, 0.25) is 0 Å². The number of hydrogen-bond acceptors (Lipinski definition) is 3. The Morgan fingerprint density at radius 3 is 2.48 bits per heavy atom. The van der Waals surface area contributed by atoms with E-state index in [9.17, 15) is 0 Å². The summed E-state index contributed by atoms with van der Waals surface area (Å²) < 4.78 is 6.08. The first-order chi connectivity index (χ1) is 14.1. The Morgan fingerprint density at radius 2 is 1.72 bits per heavy atom. The Bertz CT molecular complexity index is 1290. The van der Waals surface area contributed by atoms with Crippen molar-refractivity contribution in [2.75, 3.05) is 5.73 Å². The predicted molar refractivity (Wildman–Crippen MR) is 116 cm³/mol. The van der Waals surface area contributed by atoms with E-state index in [1.54, 1.807) is 0 Å². The maximum absolute atomic E-state index is 6.19. The van der Waals surface area contributed by atoms with Crippen LogP contribution in [0.15, 0.2) is 79.6 Å². The molecule has 0 radical (unpaired) electrons. The lowest BCUT2D eigenvalue weighted by Gasteiger charge is -2.10. The first-order valence-electron chi connectivity index (χ1n) is 9.64. The number of hydrogen-bond donors (Lipinski definition) is 1. The van der Waals surface area contributed by atoms with E-state index in [4.69, 9.17) is 5.73 Å². The van der Waals surface area contributed by atoms with Crippen LogP contribution in [0, 0.1) is 0 Å². The molecule has 0 aliphatic heterocycles. The van der Waals surface area contributed by atoms with E-state index in [-0.39, 0.29) is 0 Å². The molecule has 0 amide bonds. The van der Waals surface area contributed by atoms with Crippen LogP contribution in [0.2, 0.25) is 0 Å². The van der Waals surface area contributed by atoms with E-state index >= 15 is 0 Å². The van der Waals surface area contributed by atoms with Crippen LogP contribution in [0.25, 0.3) is 33.5 Å². The third-order valence-corrected chi connectivity index (χ3v) is 5.12. The minimum atomic E-state index is 0.338. The zero-order valence-corrected chi connectivity index (χ0v) is 16.4. The van der Waals surface area contributed by atoms with Gasteiger partial charge >= 0.3 is 0 Å². The van der Waals surface area contributed by atoms with Gasteiger partial charge in [0.15, 0.2) is 0 Å². The minimum Gasteiger partial charge on any atom is -0.399 e. The smallest absolute Gasteiger partial charge is 0.100 e. The van der Waals surface area contributed by atoms with Crippen LogP contribution < -0.4 is 5.73 Å². The summed E-state index contributed by atoms with van der Waals surface area (Å²) >= 11 is 0. The average Bonchev–Trinajstić information content (AvgIpc) is 3.47. The van der Waals surface area contributed by atoms with Crippen LogP contribution in [0.3, 0.4) is 0 Å². The Morgan fingerprint density at radius 1 is 0.931 bits per heavy atom. The second-order valence-corrected chi connectivity index (χ2v) is 7.49. The van der Waals surface area contributed by atoms with E-state index in [2.05, 4.69) is 59.0 Å². The highest BCUT2D eigenvalue weighted by atomic mass is 15.3. The van der Waals surface area contributed by atoms with Crippen molar-refractivity contribution in [2.24, 2.45) is 0 Å². The van der Waals surface area contributed by atoms with E-state index in [1.807, 2.05) is 58.4 Å². The molecule has 2 N–H and O–H groups in total. The van der Waals surface area contributed by atoms with Crippen LogP contribution in [-0.4, -0.2) is 23.9 Å². The summed E-state index contributed by atoms with van der Waals surface area (Å²) in [5.41, 5.74) is 13.1. The summed E-state index contributed by atoms with van der Waals surface area (Å²) in [7, 11) is 0. The van der Waals surface area contributed by atoms with Gasteiger partial charge in [-0.15, -0.1) is 0 Å². The van der Waals surface area contributed by atoms with Gasteiger partial charge < -0.3 is 10.3 Å². The van der Waals surface area contributed by atoms with Gasteiger partial charge in [-0.3, -0.25) is 9.25 Å². The molecule has 6 heteroatoms. The Kier molecular flexibility index (Phi) is 3.98. The highest BCUT2D eigenvalue weighted by Gasteiger charge is 2.10. The number of aromatic nitrogens is 5. The summed E-state index contributed by atoms with van der Waals surface area (Å²) in [6.07, 6.45) is 9.84. The zero-order valence-electron chi connectivity index (χ0n) is 16.4. The molecule has 5 rings (SSSR count). The lowest BCUT2D eigenvalue weighted by atomic mass is 10.1. The lowest BCUT2D eigenvalue weighted by molar-refractivity contribution is 0.532. The number of fused-ring (bicyclic) bond motifs is 1. The minimum absolute atomic E-state index is 0.338. The summed E-state index contributed by atoms with van der Waals surface area (Å²) in [5, 5.41) is 4.44. The van der Waals surface area contributed by atoms with Gasteiger partial charge in [0, 0.05) is 41.6 Å². The van der Waals surface area contributed by atoms with Gasteiger partial charge in [-0.2, -0.15) is 5.10 Å². The van der Waals surface area contributed by atoms with Gasteiger partial charge in [-0.1, -0.05) is 6.07 Å². The molecule has 0 saturated heterocycles. The predicted octanol–water partition coefficient (Wildman–Crippen LogP) is 4.84. The normalized spacial score (nSPS) is 11.6. The molecule has 0 saturated carbocycles. The molecule has 0 spiro atoms. The van der Waals surface area contributed by atoms with Crippen LogP contribution in [0.5, 0.6) is 0 Å². The first-order valence-corrected chi connectivity index (χ1v) is 9.64. The summed E-state index contributed by atoms with van der Waals surface area (Å²) in [6, 6.07) is 16.7. The van der Waals surface area contributed by atoms with Crippen LogP contribution in [0.1, 0.15) is 19.9 Å². The monoisotopic (exact) mass is 382 g/mol. The van der Waals surface area contributed by atoms with Crippen molar-refractivity contribution < 1.29 is 0 Å². The third-order valence-electron chi connectivity index (χ3n) is 5.12. The fourth-order valence-corrected chi connectivity index (χ4v) is 3.58. The maximum atomic E-state index is 6.19. The highest BCUT2D eigenvalue weighted by molar-refractivity contribution is 5.83. The summed E-state index contributed by atoms with van der Waals surface area (Å²) in [5.74, 6) is 0. The Labute approximate surface area is 168 Å². The molecular weight excluding hydrogens is 360 g/mol. The van der Waals surface area contributed by atoms with E-state index in [1.165, 1.54) is 0 Å². The van der Waals surface area contributed by atoms with Crippen molar-refractivity contribution in [2.45, 2.75) is 19.9 Å². The second kappa shape index (κ2) is 6.67.